The van der Waals surface area contributed by atoms with Crippen LogP contribution in [0.5, 0.6) is 0 Å². The molecule has 0 bridgehead atoms. The van der Waals surface area contributed by atoms with Gasteiger partial charge < -0.3 is 5.32 Å². The lowest BCUT2D eigenvalue weighted by atomic mass is 10.4. The second-order valence-electron chi connectivity index (χ2n) is 2.68. The maximum absolute atomic E-state index is 10.1. The van der Waals surface area contributed by atoms with E-state index in [1.54, 1.807) is 6.20 Å². The molecule has 2 N–H and O–H groups in total. The molecule has 0 saturated heterocycles. The van der Waals surface area contributed by atoms with Crippen LogP contribution in [0.15, 0.2) is 22.8 Å². The molecule has 0 amide bonds. The highest BCUT2D eigenvalue weighted by molar-refractivity contribution is 9.10. The van der Waals surface area contributed by atoms with Gasteiger partial charge in [-0.1, -0.05) is 0 Å². The van der Waals surface area contributed by atoms with Crippen molar-refractivity contribution in [3.63, 3.8) is 0 Å². The molecule has 84 valence electrons. The van der Waals surface area contributed by atoms with Crippen molar-refractivity contribution in [1.29, 1.82) is 0 Å². The Morgan fingerprint density at radius 1 is 1.60 bits per heavy atom. The van der Waals surface area contributed by atoms with Gasteiger partial charge in [0.1, 0.15) is 5.82 Å². The average Bonchev–Trinajstić information content (AvgIpc) is 2.20. The normalized spacial score (nSPS) is 12.4. The number of aromatic nitrogens is 1. The lowest BCUT2D eigenvalue weighted by Crippen LogP contribution is -2.07. The lowest BCUT2D eigenvalue weighted by molar-refractivity contribution is 0.305. The minimum Gasteiger partial charge on any atom is -0.370 e. The number of nitrogens with one attached hydrogen (secondary N) is 1. The summed E-state index contributed by atoms with van der Waals surface area (Å²) in [6.07, 6.45) is 2.34. The van der Waals surface area contributed by atoms with Gasteiger partial charge in [-0.05, 0) is 34.5 Å². The van der Waals surface area contributed by atoms with Crippen LogP contribution in [0.4, 0.5) is 5.82 Å². The van der Waals surface area contributed by atoms with E-state index < -0.39 is 11.4 Å². The molecule has 1 atom stereocenters. The summed E-state index contributed by atoms with van der Waals surface area (Å²) < 4.78 is 23.8. The van der Waals surface area contributed by atoms with Crippen molar-refractivity contribution >= 4 is 33.1 Å². The van der Waals surface area contributed by atoms with Gasteiger partial charge in [-0.25, -0.2) is 4.98 Å². The first kappa shape index (κ1) is 12.6. The summed E-state index contributed by atoms with van der Waals surface area (Å²) in [4.78, 5) is 4.10. The van der Waals surface area contributed by atoms with Gasteiger partial charge in [-0.3, -0.25) is 8.74 Å². The van der Waals surface area contributed by atoms with Crippen LogP contribution in [-0.4, -0.2) is 26.9 Å². The zero-order chi connectivity index (χ0) is 11.1. The summed E-state index contributed by atoms with van der Waals surface area (Å²) in [7, 11) is 0. The molecule has 1 aromatic rings. The Bertz CT molecular complexity index is 320. The van der Waals surface area contributed by atoms with Crippen molar-refractivity contribution in [3.8, 4) is 0 Å². The Morgan fingerprint density at radius 2 is 2.40 bits per heavy atom. The molecule has 5 nitrogen and oxygen atoms in total. The molecular weight excluding hydrogens is 284 g/mol. The summed E-state index contributed by atoms with van der Waals surface area (Å²) in [6.45, 7) is 0.887. The van der Waals surface area contributed by atoms with Gasteiger partial charge >= 0.3 is 11.4 Å². The summed E-state index contributed by atoms with van der Waals surface area (Å²) in [5.74, 6) is 0.767. The zero-order valence-electron chi connectivity index (χ0n) is 7.85. The van der Waals surface area contributed by atoms with Crippen LogP contribution in [0.1, 0.15) is 6.42 Å². The second kappa shape index (κ2) is 6.89. The van der Waals surface area contributed by atoms with E-state index in [2.05, 4.69) is 30.4 Å². The van der Waals surface area contributed by atoms with Crippen molar-refractivity contribution in [2.45, 2.75) is 6.42 Å². The topological polar surface area (TPSA) is 71.5 Å². The zero-order valence-corrected chi connectivity index (χ0v) is 10.3. The molecule has 0 saturated carbocycles. The largest absolute Gasteiger partial charge is 0.370 e. The number of hydrogen-bond donors (Lipinski definition) is 2. The van der Waals surface area contributed by atoms with Gasteiger partial charge in [-0.15, -0.1) is 0 Å². The predicted molar refractivity (Wildman–Crippen MR) is 61.8 cm³/mol. The van der Waals surface area contributed by atoms with E-state index in [4.69, 9.17) is 4.55 Å². The molecule has 0 aliphatic heterocycles. The Hall–Kier alpha value is -0.500. The van der Waals surface area contributed by atoms with Crippen LogP contribution < -0.4 is 5.32 Å². The quantitative estimate of drug-likeness (QED) is 0.618. The summed E-state index contributed by atoms with van der Waals surface area (Å²) in [5.41, 5.74) is 0. The van der Waals surface area contributed by atoms with Crippen molar-refractivity contribution in [2.75, 3.05) is 18.5 Å². The molecule has 1 aromatic heterocycles. The smallest absolute Gasteiger partial charge is 0.301 e. The Balaban J connectivity index is 2.15. The first-order valence-corrected chi connectivity index (χ1v) is 6.10. The molecule has 1 heterocycles. The molecular formula is C8H11BrN2O3S. The van der Waals surface area contributed by atoms with E-state index >= 15 is 0 Å². The third-order valence-electron chi connectivity index (χ3n) is 1.54. The van der Waals surface area contributed by atoms with Crippen LogP contribution in [0.3, 0.4) is 0 Å². The number of halogens is 1. The van der Waals surface area contributed by atoms with Crippen molar-refractivity contribution < 1.29 is 12.9 Å². The fourth-order valence-corrected chi connectivity index (χ4v) is 1.39. The van der Waals surface area contributed by atoms with Gasteiger partial charge in [0.2, 0.25) is 0 Å². The van der Waals surface area contributed by atoms with Crippen LogP contribution in [0, 0.1) is 0 Å². The van der Waals surface area contributed by atoms with Crippen molar-refractivity contribution in [1.82, 2.24) is 4.98 Å². The molecule has 1 rings (SSSR count). The summed E-state index contributed by atoms with van der Waals surface area (Å²) in [6, 6.07) is 3.73. The molecule has 0 radical (unpaired) electrons. The van der Waals surface area contributed by atoms with E-state index in [1.165, 1.54) is 0 Å². The minimum absolute atomic E-state index is 0.243. The monoisotopic (exact) mass is 294 g/mol. The fraction of sp³-hybridized carbons (Fsp3) is 0.375. The SMILES string of the molecule is O=S(O)OCCCNc1ccc(Br)cn1. The Kier molecular flexibility index (Phi) is 5.77. The molecule has 0 aromatic carbocycles. The number of pyridine rings is 1. The molecule has 0 aliphatic rings. The first-order chi connectivity index (χ1) is 7.18. The first-order valence-electron chi connectivity index (χ1n) is 4.28. The van der Waals surface area contributed by atoms with Crippen LogP contribution >= 0.6 is 15.9 Å². The maximum Gasteiger partial charge on any atom is 0.301 e. The average molecular weight is 295 g/mol. The molecule has 0 spiro atoms. The molecule has 15 heavy (non-hydrogen) atoms. The second-order valence-corrected chi connectivity index (χ2v) is 4.27. The standard InChI is InChI=1S/C8H11BrN2O3S/c9-7-2-3-8(11-6-7)10-4-1-5-14-15(12)13/h2-3,6H,1,4-5H2,(H,10,11)(H,12,13). The highest BCUT2D eigenvalue weighted by Gasteiger charge is 1.95. The van der Waals surface area contributed by atoms with Crippen molar-refractivity contribution in [3.05, 3.63) is 22.8 Å². The predicted octanol–water partition coefficient (Wildman–Crippen LogP) is 1.80. The van der Waals surface area contributed by atoms with Crippen molar-refractivity contribution in [2.24, 2.45) is 0 Å². The number of rotatable bonds is 6. The van der Waals surface area contributed by atoms with Gasteiger partial charge in [0, 0.05) is 17.2 Å². The van der Waals surface area contributed by atoms with E-state index in [0.29, 0.717) is 13.0 Å². The third-order valence-corrected chi connectivity index (χ3v) is 2.38. The highest BCUT2D eigenvalue weighted by Crippen LogP contribution is 2.10. The van der Waals surface area contributed by atoms with Gasteiger partial charge in [0.05, 0.1) is 6.61 Å². The van der Waals surface area contributed by atoms with E-state index in [1.807, 2.05) is 12.1 Å². The maximum atomic E-state index is 10.1. The van der Waals surface area contributed by atoms with Crippen LogP contribution in [-0.2, 0) is 15.5 Å². The molecule has 1 unspecified atom stereocenters. The molecule has 0 aliphatic carbocycles. The number of hydrogen-bond acceptors (Lipinski definition) is 4. The van der Waals surface area contributed by atoms with E-state index in [0.717, 1.165) is 10.3 Å². The van der Waals surface area contributed by atoms with E-state index in [9.17, 15) is 4.21 Å². The van der Waals surface area contributed by atoms with Gasteiger partial charge in [0.15, 0.2) is 0 Å². The Labute approximate surface area is 98.9 Å². The molecule has 0 fully saturated rings. The number of anilines is 1. The highest BCUT2D eigenvalue weighted by atomic mass is 79.9. The molecule has 7 heteroatoms. The number of nitrogens with zero attached hydrogens (tertiary/aromatic N) is 1. The van der Waals surface area contributed by atoms with Crippen LogP contribution in [0.25, 0.3) is 0 Å². The van der Waals surface area contributed by atoms with Crippen LogP contribution in [0.2, 0.25) is 0 Å². The van der Waals surface area contributed by atoms with Gasteiger partial charge in [-0.2, -0.15) is 4.21 Å². The fourth-order valence-electron chi connectivity index (χ4n) is 0.899. The summed E-state index contributed by atoms with van der Waals surface area (Å²) in [5, 5.41) is 3.05. The summed E-state index contributed by atoms with van der Waals surface area (Å²) >= 11 is 1.12. The lowest BCUT2D eigenvalue weighted by Gasteiger charge is -2.04. The van der Waals surface area contributed by atoms with Gasteiger partial charge in [0.25, 0.3) is 0 Å². The third kappa shape index (κ3) is 5.83. The minimum atomic E-state index is -2.17. The van der Waals surface area contributed by atoms with E-state index in [-0.39, 0.29) is 6.61 Å². The Morgan fingerprint density at radius 3 is 3.00 bits per heavy atom.